The normalized spacial score (nSPS) is 20.2. The van der Waals surface area contributed by atoms with Gasteiger partial charge in [0.05, 0.1) is 11.7 Å². The first-order chi connectivity index (χ1) is 11.7. The molecule has 1 aliphatic heterocycles. The maximum Gasteiger partial charge on any atom is 0.323 e. The molecule has 2 aromatic rings. The number of nitrogens with one attached hydrogen (secondary N) is 1. The number of hydrogen-bond donors (Lipinski definition) is 1. The number of pyridine rings is 2. The van der Waals surface area contributed by atoms with Crippen LogP contribution in [0.1, 0.15) is 54.6 Å². The van der Waals surface area contributed by atoms with Crippen LogP contribution in [0.15, 0.2) is 36.5 Å². The highest BCUT2D eigenvalue weighted by Gasteiger charge is 2.31. The van der Waals surface area contributed by atoms with Crippen molar-refractivity contribution in [1.29, 1.82) is 0 Å². The van der Waals surface area contributed by atoms with Crippen LogP contribution in [0.5, 0.6) is 0 Å². The van der Waals surface area contributed by atoms with E-state index in [-0.39, 0.29) is 12.1 Å². The highest BCUT2D eigenvalue weighted by Crippen LogP contribution is 2.39. The number of carbonyl (C=O) groups excluding carboxylic acids is 1. The van der Waals surface area contributed by atoms with E-state index in [4.69, 9.17) is 0 Å². The quantitative estimate of drug-likeness (QED) is 0.928. The first-order valence-electron chi connectivity index (χ1n) is 8.68. The minimum absolute atomic E-state index is 0.0515. The summed E-state index contributed by atoms with van der Waals surface area (Å²) in [6, 6.07) is 9.93. The summed E-state index contributed by atoms with van der Waals surface area (Å²) in [5, 5.41) is 2.93. The van der Waals surface area contributed by atoms with Gasteiger partial charge in [0.1, 0.15) is 5.82 Å². The van der Waals surface area contributed by atoms with Crippen LogP contribution in [0, 0.1) is 6.92 Å². The van der Waals surface area contributed by atoms with Crippen LogP contribution in [0.3, 0.4) is 0 Å². The van der Waals surface area contributed by atoms with Crippen molar-refractivity contribution >= 4 is 11.8 Å². The summed E-state index contributed by atoms with van der Waals surface area (Å²) in [5.74, 6) is 1.30. The molecule has 2 aliphatic rings. The number of aryl methyl sites for hydroxylation is 1. The van der Waals surface area contributed by atoms with Gasteiger partial charge >= 0.3 is 6.03 Å². The van der Waals surface area contributed by atoms with Gasteiger partial charge in [0.15, 0.2) is 0 Å². The molecular weight excluding hydrogens is 300 g/mol. The van der Waals surface area contributed by atoms with Crippen LogP contribution < -0.4 is 5.32 Å². The summed E-state index contributed by atoms with van der Waals surface area (Å²) in [7, 11) is 0. The van der Waals surface area contributed by atoms with E-state index in [0.29, 0.717) is 11.7 Å². The van der Waals surface area contributed by atoms with Gasteiger partial charge in [-0.15, -0.1) is 0 Å². The van der Waals surface area contributed by atoms with Crippen LogP contribution >= 0.6 is 0 Å². The van der Waals surface area contributed by atoms with Gasteiger partial charge in [-0.25, -0.2) is 9.78 Å². The average Bonchev–Trinajstić information content (AvgIpc) is 3.31. The topological polar surface area (TPSA) is 58.1 Å². The van der Waals surface area contributed by atoms with E-state index in [0.717, 1.165) is 30.8 Å². The third kappa shape index (κ3) is 3.11. The molecule has 2 amide bonds. The van der Waals surface area contributed by atoms with Crippen LogP contribution in [-0.2, 0) is 0 Å². The summed E-state index contributed by atoms with van der Waals surface area (Å²) in [6.45, 7) is 2.74. The van der Waals surface area contributed by atoms with Crippen molar-refractivity contribution < 1.29 is 4.79 Å². The predicted octanol–water partition coefficient (Wildman–Crippen LogP) is 4.03. The summed E-state index contributed by atoms with van der Waals surface area (Å²) < 4.78 is 0. The van der Waals surface area contributed by atoms with E-state index < -0.39 is 0 Å². The molecule has 1 atom stereocenters. The minimum Gasteiger partial charge on any atom is -0.316 e. The predicted molar refractivity (Wildman–Crippen MR) is 92.9 cm³/mol. The number of anilines is 1. The Morgan fingerprint density at radius 3 is 2.79 bits per heavy atom. The number of nitrogens with zero attached hydrogens (tertiary/aromatic N) is 3. The van der Waals surface area contributed by atoms with Crippen molar-refractivity contribution in [3.05, 3.63) is 53.5 Å². The lowest BCUT2D eigenvalue weighted by Crippen LogP contribution is -2.35. The van der Waals surface area contributed by atoms with Gasteiger partial charge < -0.3 is 4.90 Å². The second-order valence-electron chi connectivity index (χ2n) is 6.74. The van der Waals surface area contributed by atoms with Crippen molar-refractivity contribution in [3.8, 4) is 0 Å². The number of carbonyl (C=O) groups is 1. The number of hydrogen-bond acceptors (Lipinski definition) is 3. The largest absolute Gasteiger partial charge is 0.323 e. The molecule has 1 N–H and O–H groups in total. The van der Waals surface area contributed by atoms with E-state index in [9.17, 15) is 4.79 Å². The van der Waals surface area contributed by atoms with Gasteiger partial charge in [0, 0.05) is 18.4 Å². The maximum atomic E-state index is 12.7. The first kappa shape index (κ1) is 15.1. The Morgan fingerprint density at radius 1 is 1.21 bits per heavy atom. The number of rotatable bonds is 3. The molecule has 0 spiro atoms. The Kier molecular flexibility index (Phi) is 3.92. The molecule has 3 heterocycles. The summed E-state index contributed by atoms with van der Waals surface area (Å²) in [6.07, 6.45) is 6.36. The lowest BCUT2D eigenvalue weighted by molar-refractivity contribution is 0.206. The Balaban J connectivity index is 1.46. The Morgan fingerprint density at radius 2 is 2.08 bits per heavy atom. The van der Waals surface area contributed by atoms with Gasteiger partial charge in [-0.3, -0.25) is 10.3 Å². The minimum atomic E-state index is -0.0903. The van der Waals surface area contributed by atoms with Crippen molar-refractivity contribution in [3.63, 3.8) is 0 Å². The molecule has 0 bridgehead atoms. The van der Waals surface area contributed by atoms with Crippen LogP contribution in [0.25, 0.3) is 0 Å². The lowest BCUT2D eigenvalue weighted by Gasteiger charge is -2.24. The molecule has 24 heavy (non-hydrogen) atoms. The highest BCUT2D eigenvalue weighted by molar-refractivity contribution is 5.88. The Hall–Kier alpha value is -2.43. The molecule has 4 rings (SSSR count). The fraction of sp³-hybridized carbons (Fsp3) is 0.421. The summed E-state index contributed by atoms with van der Waals surface area (Å²) >= 11 is 0. The molecule has 1 saturated heterocycles. The molecule has 1 unspecified atom stereocenters. The first-order valence-corrected chi connectivity index (χ1v) is 8.68. The van der Waals surface area contributed by atoms with Crippen LogP contribution in [-0.4, -0.2) is 27.4 Å². The Bertz CT molecular complexity index is 739. The Labute approximate surface area is 142 Å². The van der Waals surface area contributed by atoms with E-state index in [1.165, 1.54) is 18.4 Å². The molecule has 2 fully saturated rings. The number of aromatic nitrogens is 2. The third-order valence-corrected chi connectivity index (χ3v) is 4.84. The zero-order valence-corrected chi connectivity index (χ0v) is 13.9. The highest BCUT2D eigenvalue weighted by atomic mass is 16.2. The molecule has 5 nitrogen and oxygen atoms in total. The monoisotopic (exact) mass is 322 g/mol. The number of urea groups is 1. The number of likely N-dealkylation sites (tertiary alicyclic amines) is 1. The third-order valence-electron chi connectivity index (χ3n) is 4.84. The molecular formula is C19H22N4O. The molecule has 0 radical (unpaired) electrons. The van der Waals surface area contributed by atoms with E-state index in [1.807, 2.05) is 42.3 Å². The second-order valence-corrected chi connectivity index (χ2v) is 6.74. The molecule has 1 saturated carbocycles. The number of amides is 2. The molecule has 1 aliphatic carbocycles. The van der Waals surface area contributed by atoms with Crippen molar-refractivity contribution in [2.45, 2.75) is 44.6 Å². The average molecular weight is 322 g/mol. The molecule has 0 aromatic carbocycles. The van der Waals surface area contributed by atoms with Gasteiger partial charge in [0.25, 0.3) is 0 Å². The maximum absolute atomic E-state index is 12.7. The second kappa shape index (κ2) is 6.23. The molecule has 2 aromatic heterocycles. The van der Waals surface area contributed by atoms with Gasteiger partial charge in [-0.2, -0.15) is 0 Å². The standard InChI is InChI=1S/C19H22N4O/c1-13-4-2-5-16(21-13)17-6-3-11-23(17)19(24)22-18-10-9-15(12-20-18)14-7-8-14/h2,4-5,9-10,12,14,17H,3,6-8,11H2,1H3,(H,20,22,24). The summed E-state index contributed by atoms with van der Waals surface area (Å²) in [4.78, 5) is 23.5. The molecule has 124 valence electrons. The lowest BCUT2D eigenvalue weighted by atomic mass is 10.1. The smallest absolute Gasteiger partial charge is 0.316 e. The van der Waals surface area contributed by atoms with Crippen molar-refractivity contribution in [2.24, 2.45) is 0 Å². The van der Waals surface area contributed by atoms with Gasteiger partial charge in [-0.05, 0) is 62.3 Å². The summed E-state index contributed by atoms with van der Waals surface area (Å²) in [5.41, 5.74) is 3.23. The van der Waals surface area contributed by atoms with Gasteiger partial charge in [-0.1, -0.05) is 12.1 Å². The van der Waals surface area contributed by atoms with Crippen molar-refractivity contribution in [1.82, 2.24) is 14.9 Å². The zero-order chi connectivity index (χ0) is 16.5. The van der Waals surface area contributed by atoms with Crippen LogP contribution in [0.2, 0.25) is 0 Å². The van der Waals surface area contributed by atoms with Crippen molar-refractivity contribution in [2.75, 3.05) is 11.9 Å². The fourth-order valence-electron chi connectivity index (χ4n) is 3.39. The SMILES string of the molecule is Cc1cccc(C2CCCN2C(=O)Nc2ccc(C3CC3)cn2)n1. The molecule has 5 heteroatoms. The van der Waals surface area contributed by atoms with E-state index >= 15 is 0 Å². The van der Waals surface area contributed by atoms with E-state index in [1.54, 1.807) is 0 Å². The van der Waals surface area contributed by atoms with Crippen LogP contribution in [0.4, 0.5) is 10.6 Å². The van der Waals surface area contributed by atoms with E-state index in [2.05, 4.69) is 21.4 Å². The zero-order valence-electron chi connectivity index (χ0n) is 13.9. The van der Waals surface area contributed by atoms with Gasteiger partial charge in [0.2, 0.25) is 0 Å². The fourth-order valence-corrected chi connectivity index (χ4v) is 3.39.